The first kappa shape index (κ1) is 13.4. The first-order valence-corrected chi connectivity index (χ1v) is 6.70. The highest BCUT2D eigenvalue weighted by Crippen LogP contribution is 2.33. The number of phenols is 1. The van der Waals surface area contributed by atoms with Crippen molar-refractivity contribution in [3.05, 3.63) is 28.2 Å². The van der Waals surface area contributed by atoms with Crippen LogP contribution < -0.4 is 0 Å². The first-order valence-electron chi connectivity index (χ1n) is 5.91. The van der Waals surface area contributed by atoms with Crippen molar-refractivity contribution in [3.8, 4) is 5.75 Å². The lowest BCUT2D eigenvalue weighted by atomic mass is 10.1. The Morgan fingerprint density at radius 3 is 2.78 bits per heavy atom. The van der Waals surface area contributed by atoms with Gasteiger partial charge in [-0.3, -0.25) is 4.79 Å². The molecule has 2 N–H and O–H groups in total. The van der Waals surface area contributed by atoms with Gasteiger partial charge in [0.1, 0.15) is 5.75 Å². The number of hydrogen-bond donors (Lipinski definition) is 2. The normalized spacial score (nSPS) is 16.4. The molecule has 1 aliphatic rings. The van der Waals surface area contributed by atoms with E-state index in [-0.39, 0.29) is 11.7 Å². The molecule has 0 aromatic heterocycles. The van der Waals surface area contributed by atoms with Crippen LogP contribution in [0.3, 0.4) is 0 Å². The summed E-state index contributed by atoms with van der Waals surface area (Å²) in [4.78, 5) is 13.6. The minimum absolute atomic E-state index is 0.0389. The maximum atomic E-state index is 12.1. The molecule has 1 amide bonds. The third-order valence-corrected chi connectivity index (χ3v) is 3.84. The molecule has 1 aromatic carbocycles. The van der Waals surface area contributed by atoms with Gasteiger partial charge in [0, 0.05) is 19.2 Å². The number of amides is 1. The zero-order valence-corrected chi connectivity index (χ0v) is 11.7. The van der Waals surface area contributed by atoms with Crippen LogP contribution in [0.2, 0.25) is 0 Å². The van der Waals surface area contributed by atoms with Crippen molar-refractivity contribution in [1.29, 1.82) is 0 Å². The first-order chi connectivity index (χ1) is 8.49. The molecule has 1 fully saturated rings. The number of carbonyl (C=O) groups is 1. The molecule has 0 radical (unpaired) electrons. The fraction of sp³-hybridized carbons (Fsp3) is 0.462. The van der Waals surface area contributed by atoms with Gasteiger partial charge in [-0.05, 0) is 52.9 Å². The Hall–Kier alpha value is -1.07. The average Bonchev–Trinajstić information content (AvgIpc) is 3.15. The van der Waals surface area contributed by atoms with E-state index in [1.165, 1.54) is 11.0 Å². The van der Waals surface area contributed by atoms with E-state index in [4.69, 9.17) is 0 Å². The number of hydrogen-bond acceptors (Lipinski definition) is 3. The van der Waals surface area contributed by atoms with Crippen LogP contribution >= 0.6 is 15.9 Å². The lowest BCUT2D eigenvalue weighted by Gasteiger charge is -2.21. The summed E-state index contributed by atoms with van der Waals surface area (Å²) in [7, 11) is 1.66. The fourth-order valence-corrected chi connectivity index (χ4v) is 2.11. The number of halogens is 1. The molecule has 98 valence electrons. The van der Waals surface area contributed by atoms with E-state index < -0.39 is 6.10 Å². The van der Waals surface area contributed by atoms with E-state index in [9.17, 15) is 15.0 Å². The maximum absolute atomic E-state index is 12.1. The molecule has 1 atom stereocenters. The van der Waals surface area contributed by atoms with Gasteiger partial charge in [0.05, 0.1) is 10.6 Å². The number of phenolic OH excluding ortho intramolecular Hbond substituents is 1. The van der Waals surface area contributed by atoms with Gasteiger partial charge in [0.25, 0.3) is 5.91 Å². The van der Waals surface area contributed by atoms with Crippen LogP contribution in [0.15, 0.2) is 22.7 Å². The molecule has 0 saturated heterocycles. The second-order valence-corrected chi connectivity index (χ2v) is 5.61. The van der Waals surface area contributed by atoms with Gasteiger partial charge < -0.3 is 15.1 Å². The van der Waals surface area contributed by atoms with Crippen LogP contribution in [-0.4, -0.2) is 40.7 Å². The number of carbonyl (C=O) groups excluding carboxylic acids is 1. The number of aliphatic hydroxyl groups excluding tert-OH is 1. The summed E-state index contributed by atoms with van der Waals surface area (Å²) in [6, 6.07) is 4.70. The highest BCUT2D eigenvalue weighted by Gasteiger charge is 2.31. The van der Waals surface area contributed by atoms with Gasteiger partial charge in [-0.1, -0.05) is 0 Å². The van der Waals surface area contributed by atoms with Crippen molar-refractivity contribution in [1.82, 2.24) is 4.90 Å². The SMILES string of the molecule is CN(CC(O)C1CC1)C(=O)c1ccc(Br)c(O)c1. The van der Waals surface area contributed by atoms with Gasteiger partial charge in [0.15, 0.2) is 0 Å². The molecule has 1 aromatic rings. The summed E-state index contributed by atoms with van der Waals surface area (Å²) in [5.74, 6) is 0.188. The second-order valence-electron chi connectivity index (χ2n) is 4.76. The quantitative estimate of drug-likeness (QED) is 0.893. The standard InChI is InChI=1S/C13H16BrNO3/c1-15(7-12(17)8-2-3-8)13(18)9-4-5-10(14)11(16)6-9/h4-6,8,12,16-17H,2-3,7H2,1H3. The van der Waals surface area contributed by atoms with Crippen LogP contribution in [0.25, 0.3) is 0 Å². The summed E-state index contributed by atoms with van der Waals surface area (Å²) in [5.41, 5.74) is 0.418. The smallest absolute Gasteiger partial charge is 0.253 e. The summed E-state index contributed by atoms with van der Waals surface area (Å²) < 4.78 is 0.555. The zero-order chi connectivity index (χ0) is 13.3. The van der Waals surface area contributed by atoms with Crippen molar-refractivity contribution in [2.75, 3.05) is 13.6 Å². The van der Waals surface area contributed by atoms with E-state index in [2.05, 4.69) is 15.9 Å². The maximum Gasteiger partial charge on any atom is 0.253 e. The fourth-order valence-electron chi connectivity index (χ4n) is 1.86. The molecule has 0 bridgehead atoms. The summed E-state index contributed by atoms with van der Waals surface area (Å²) in [6.45, 7) is 0.334. The van der Waals surface area contributed by atoms with Crippen LogP contribution in [0.4, 0.5) is 0 Å². The Morgan fingerprint density at radius 2 is 2.22 bits per heavy atom. The predicted octanol–water partition coefficient (Wildman–Crippen LogP) is 2.00. The molecule has 1 saturated carbocycles. The lowest BCUT2D eigenvalue weighted by Crippen LogP contribution is -2.35. The van der Waals surface area contributed by atoms with E-state index in [1.54, 1.807) is 19.2 Å². The average molecular weight is 314 g/mol. The predicted molar refractivity (Wildman–Crippen MR) is 71.5 cm³/mol. The largest absolute Gasteiger partial charge is 0.507 e. The van der Waals surface area contributed by atoms with Crippen LogP contribution in [0.1, 0.15) is 23.2 Å². The third-order valence-electron chi connectivity index (χ3n) is 3.17. The number of nitrogens with zero attached hydrogens (tertiary/aromatic N) is 1. The molecular weight excluding hydrogens is 298 g/mol. The summed E-state index contributed by atoms with van der Waals surface area (Å²) >= 11 is 3.17. The molecule has 0 heterocycles. The molecule has 0 aliphatic heterocycles. The summed E-state index contributed by atoms with van der Waals surface area (Å²) in [6.07, 6.45) is 1.65. The van der Waals surface area contributed by atoms with Crippen LogP contribution in [0, 0.1) is 5.92 Å². The van der Waals surface area contributed by atoms with E-state index in [1.807, 2.05) is 0 Å². The van der Waals surface area contributed by atoms with Crippen LogP contribution in [-0.2, 0) is 0 Å². The topological polar surface area (TPSA) is 60.8 Å². The number of likely N-dealkylation sites (N-methyl/N-ethyl adjacent to an activating group) is 1. The summed E-state index contributed by atoms with van der Waals surface area (Å²) in [5, 5.41) is 19.3. The van der Waals surface area contributed by atoms with Crippen molar-refractivity contribution < 1.29 is 15.0 Å². The van der Waals surface area contributed by atoms with Crippen molar-refractivity contribution >= 4 is 21.8 Å². The molecular formula is C13H16BrNO3. The van der Waals surface area contributed by atoms with E-state index in [0.717, 1.165) is 12.8 Å². The minimum atomic E-state index is -0.442. The molecule has 1 aliphatic carbocycles. The number of rotatable bonds is 4. The van der Waals surface area contributed by atoms with Crippen LogP contribution in [0.5, 0.6) is 5.75 Å². The number of aliphatic hydroxyl groups is 1. The van der Waals surface area contributed by atoms with Gasteiger partial charge in [-0.25, -0.2) is 0 Å². The van der Waals surface area contributed by atoms with Crippen molar-refractivity contribution in [3.63, 3.8) is 0 Å². The van der Waals surface area contributed by atoms with Crippen molar-refractivity contribution in [2.24, 2.45) is 5.92 Å². The zero-order valence-electron chi connectivity index (χ0n) is 10.1. The Kier molecular flexibility index (Phi) is 3.92. The minimum Gasteiger partial charge on any atom is -0.507 e. The number of aromatic hydroxyl groups is 1. The molecule has 5 heteroatoms. The third kappa shape index (κ3) is 3.03. The van der Waals surface area contributed by atoms with Gasteiger partial charge in [-0.2, -0.15) is 0 Å². The molecule has 4 nitrogen and oxygen atoms in total. The Balaban J connectivity index is 2.02. The lowest BCUT2D eigenvalue weighted by molar-refractivity contribution is 0.0645. The highest BCUT2D eigenvalue weighted by molar-refractivity contribution is 9.10. The van der Waals surface area contributed by atoms with Gasteiger partial charge in [0.2, 0.25) is 0 Å². The van der Waals surface area contributed by atoms with Gasteiger partial charge in [-0.15, -0.1) is 0 Å². The monoisotopic (exact) mass is 313 g/mol. The molecule has 2 rings (SSSR count). The second kappa shape index (κ2) is 5.28. The van der Waals surface area contributed by atoms with Crippen molar-refractivity contribution in [2.45, 2.75) is 18.9 Å². The Labute approximate surface area is 114 Å². The van der Waals surface area contributed by atoms with Gasteiger partial charge >= 0.3 is 0 Å². The molecule has 1 unspecified atom stereocenters. The Morgan fingerprint density at radius 1 is 1.56 bits per heavy atom. The Bertz CT molecular complexity index is 460. The van der Waals surface area contributed by atoms with E-state index >= 15 is 0 Å². The molecule has 0 spiro atoms. The van der Waals surface area contributed by atoms with E-state index in [0.29, 0.717) is 22.5 Å². The highest BCUT2D eigenvalue weighted by atomic mass is 79.9. The number of benzene rings is 1. The molecule has 18 heavy (non-hydrogen) atoms.